The minimum atomic E-state index is -0.440. The van der Waals surface area contributed by atoms with Gasteiger partial charge in [-0.15, -0.1) is 0 Å². The van der Waals surface area contributed by atoms with Gasteiger partial charge in [-0.2, -0.15) is 0 Å². The van der Waals surface area contributed by atoms with Crippen molar-refractivity contribution in [2.45, 2.75) is 13.0 Å². The molecule has 18 heavy (non-hydrogen) atoms. The van der Waals surface area contributed by atoms with E-state index in [-0.39, 0.29) is 0 Å². The minimum absolute atomic E-state index is 0.440. The van der Waals surface area contributed by atoms with E-state index in [0.29, 0.717) is 0 Å². The lowest BCUT2D eigenvalue weighted by Gasteiger charge is -2.05. The van der Waals surface area contributed by atoms with Crippen LogP contribution < -0.4 is 0 Å². The van der Waals surface area contributed by atoms with E-state index in [1.807, 2.05) is 30.3 Å². The largest absolute Gasteiger partial charge is 0.389 e. The van der Waals surface area contributed by atoms with Crippen molar-refractivity contribution >= 4 is 11.2 Å². The number of aromatic amines is 1. The van der Waals surface area contributed by atoms with Crippen molar-refractivity contribution in [1.29, 1.82) is 0 Å². The van der Waals surface area contributed by atoms with Crippen LogP contribution in [0.5, 0.6) is 0 Å². The second kappa shape index (κ2) is 4.23. The Morgan fingerprint density at radius 3 is 2.50 bits per heavy atom. The number of benzene rings is 1. The molecule has 2 N–H and O–H groups in total. The van der Waals surface area contributed by atoms with Gasteiger partial charge in [-0.25, -0.2) is 4.98 Å². The molecule has 4 heteroatoms. The molecule has 0 amide bonds. The number of hydrogen-bond acceptors (Lipinski definition) is 3. The third-order valence-electron chi connectivity index (χ3n) is 2.96. The summed E-state index contributed by atoms with van der Waals surface area (Å²) >= 11 is 0. The molecule has 0 aliphatic heterocycles. The van der Waals surface area contributed by atoms with Gasteiger partial charge in [0.25, 0.3) is 0 Å². The Hall–Kier alpha value is -2.20. The summed E-state index contributed by atoms with van der Waals surface area (Å²) in [6.45, 7) is 1.76. The van der Waals surface area contributed by atoms with E-state index in [1.165, 1.54) is 0 Å². The van der Waals surface area contributed by atoms with Crippen LogP contribution >= 0.6 is 0 Å². The fraction of sp³-hybridized carbons (Fsp3) is 0.143. The normalized spacial score (nSPS) is 12.8. The lowest BCUT2D eigenvalue weighted by molar-refractivity contribution is 0.199. The van der Waals surface area contributed by atoms with Crippen molar-refractivity contribution in [3.8, 4) is 11.3 Å². The molecule has 3 rings (SSSR count). The van der Waals surface area contributed by atoms with Crippen LogP contribution in [0.1, 0.15) is 18.6 Å². The topological polar surface area (TPSA) is 61.8 Å². The number of aromatic nitrogens is 3. The highest BCUT2D eigenvalue weighted by molar-refractivity contribution is 5.79. The van der Waals surface area contributed by atoms with Crippen LogP contribution in [0.2, 0.25) is 0 Å². The summed E-state index contributed by atoms with van der Waals surface area (Å²) in [5.41, 5.74) is 4.58. The Balaban J connectivity index is 2.03. The molecule has 2 heterocycles. The molecule has 3 aromatic rings. The first-order valence-corrected chi connectivity index (χ1v) is 5.82. The Labute approximate surface area is 104 Å². The fourth-order valence-corrected chi connectivity index (χ4v) is 1.95. The van der Waals surface area contributed by atoms with Crippen molar-refractivity contribution in [3.63, 3.8) is 0 Å². The highest BCUT2D eigenvalue weighted by Crippen LogP contribution is 2.23. The third kappa shape index (κ3) is 1.87. The molecule has 2 aromatic heterocycles. The van der Waals surface area contributed by atoms with Gasteiger partial charge in [0, 0.05) is 18.1 Å². The summed E-state index contributed by atoms with van der Waals surface area (Å²) in [6, 6.07) is 9.78. The van der Waals surface area contributed by atoms with E-state index >= 15 is 0 Å². The average Bonchev–Trinajstić information content (AvgIpc) is 2.82. The van der Waals surface area contributed by atoms with Gasteiger partial charge in [0.1, 0.15) is 5.52 Å². The van der Waals surface area contributed by atoms with Crippen molar-refractivity contribution in [1.82, 2.24) is 15.0 Å². The van der Waals surface area contributed by atoms with Gasteiger partial charge in [0.2, 0.25) is 0 Å². The molecule has 0 radical (unpaired) electrons. The molecule has 0 aliphatic carbocycles. The smallest absolute Gasteiger partial charge is 0.156 e. The molecule has 1 aromatic carbocycles. The maximum atomic E-state index is 9.47. The molecule has 0 fully saturated rings. The van der Waals surface area contributed by atoms with Crippen LogP contribution in [0.4, 0.5) is 0 Å². The summed E-state index contributed by atoms with van der Waals surface area (Å²) in [5, 5.41) is 9.47. The molecular formula is C14H13N3O. The molecule has 4 nitrogen and oxygen atoms in total. The number of H-pyrrole nitrogens is 1. The van der Waals surface area contributed by atoms with Gasteiger partial charge in [0.15, 0.2) is 5.65 Å². The number of nitrogens with zero attached hydrogens (tertiary/aromatic N) is 2. The molecule has 0 spiro atoms. The lowest BCUT2D eigenvalue weighted by Crippen LogP contribution is -1.90. The van der Waals surface area contributed by atoms with Crippen LogP contribution in [0.15, 0.2) is 42.7 Å². The predicted octanol–water partition coefficient (Wildman–Crippen LogP) is 2.68. The molecule has 0 unspecified atom stereocenters. The van der Waals surface area contributed by atoms with E-state index in [0.717, 1.165) is 28.0 Å². The Bertz CT molecular complexity index is 638. The highest BCUT2D eigenvalue weighted by atomic mass is 16.3. The molecule has 0 aliphatic rings. The van der Waals surface area contributed by atoms with Crippen LogP contribution in [-0.4, -0.2) is 20.1 Å². The maximum Gasteiger partial charge on any atom is 0.156 e. The van der Waals surface area contributed by atoms with Gasteiger partial charge in [-0.1, -0.05) is 24.3 Å². The van der Waals surface area contributed by atoms with Crippen LogP contribution in [-0.2, 0) is 0 Å². The summed E-state index contributed by atoms with van der Waals surface area (Å²) in [5.74, 6) is 0. The van der Waals surface area contributed by atoms with Gasteiger partial charge in [-0.3, -0.25) is 4.98 Å². The van der Waals surface area contributed by atoms with Gasteiger partial charge in [0.05, 0.1) is 6.10 Å². The van der Waals surface area contributed by atoms with E-state index in [2.05, 4.69) is 15.0 Å². The predicted molar refractivity (Wildman–Crippen MR) is 70.0 cm³/mol. The number of rotatable bonds is 2. The van der Waals surface area contributed by atoms with Crippen LogP contribution in [0.3, 0.4) is 0 Å². The van der Waals surface area contributed by atoms with Crippen molar-refractivity contribution < 1.29 is 5.11 Å². The van der Waals surface area contributed by atoms with Gasteiger partial charge >= 0.3 is 0 Å². The monoisotopic (exact) mass is 239 g/mol. The van der Waals surface area contributed by atoms with E-state index in [4.69, 9.17) is 0 Å². The third-order valence-corrected chi connectivity index (χ3v) is 2.96. The zero-order chi connectivity index (χ0) is 12.5. The Kier molecular flexibility index (Phi) is 2.57. The zero-order valence-corrected chi connectivity index (χ0v) is 9.96. The molecule has 0 saturated carbocycles. The number of fused-ring (bicyclic) bond motifs is 1. The zero-order valence-electron chi connectivity index (χ0n) is 9.96. The number of aliphatic hydroxyl groups is 1. The number of aliphatic hydroxyl groups excluding tert-OH is 1. The summed E-state index contributed by atoms with van der Waals surface area (Å²) in [4.78, 5) is 11.7. The first-order chi connectivity index (χ1) is 8.74. The molecule has 0 saturated heterocycles. The quantitative estimate of drug-likeness (QED) is 0.722. The Morgan fingerprint density at radius 1 is 1.11 bits per heavy atom. The van der Waals surface area contributed by atoms with E-state index in [9.17, 15) is 5.11 Å². The van der Waals surface area contributed by atoms with Crippen molar-refractivity contribution in [3.05, 3.63) is 48.3 Å². The fourth-order valence-electron chi connectivity index (χ4n) is 1.95. The molecule has 1 atom stereocenters. The first-order valence-electron chi connectivity index (χ1n) is 5.82. The SMILES string of the molecule is C[C@@H](O)c1ccc(-c2cc3nccnc3[nH]2)cc1. The van der Waals surface area contributed by atoms with Gasteiger partial charge < -0.3 is 10.1 Å². The summed E-state index contributed by atoms with van der Waals surface area (Å²) in [6.07, 6.45) is 2.90. The first kappa shape index (κ1) is 10.9. The average molecular weight is 239 g/mol. The lowest BCUT2D eigenvalue weighted by atomic mass is 10.1. The number of nitrogens with one attached hydrogen (secondary N) is 1. The Morgan fingerprint density at radius 2 is 1.83 bits per heavy atom. The molecule has 90 valence electrons. The van der Waals surface area contributed by atoms with Crippen molar-refractivity contribution in [2.75, 3.05) is 0 Å². The second-order valence-corrected chi connectivity index (χ2v) is 4.27. The van der Waals surface area contributed by atoms with E-state index in [1.54, 1.807) is 19.3 Å². The van der Waals surface area contributed by atoms with E-state index < -0.39 is 6.10 Å². The minimum Gasteiger partial charge on any atom is -0.389 e. The highest BCUT2D eigenvalue weighted by Gasteiger charge is 2.05. The molecular weight excluding hydrogens is 226 g/mol. The maximum absolute atomic E-state index is 9.47. The number of hydrogen-bond donors (Lipinski definition) is 2. The summed E-state index contributed by atoms with van der Waals surface area (Å²) in [7, 11) is 0. The molecule has 0 bridgehead atoms. The van der Waals surface area contributed by atoms with Crippen molar-refractivity contribution in [2.24, 2.45) is 0 Å². The van der Waals surface area contributed by atoms with Gasteiger partial charge in [-0.05, 0) is 24.1 Å². The standard InChI is InChI=1S/C14H13N3O/c1-9(18)10-2-4-11(5-3-10)12-8-13-14(17-12)16-7-6-15-13/h2-9,18H,1H3,(H,16,17)/t9-/m1/s1. The van der Waals surface area contributed by atoms with Crippen LogP contribution in [0, 0.1) is 0 Å². The second-order valence-electron chi connectivity index (χ2n) is 4.27. The van der Waals surface area contributed by atoms with Crippen LogP contribution in [0.25, 0.3) is 22.4 Å². The summed E-state index contributed by atoms with van der Waals surface area (Å²) < 4.78 is 0.